The fourth-order valence-electron chi connectivity index (χ4n) is 2.05. The number of hydrogen-bond donors (Lipinski definition) is 2. The second-order valence-corrected chi connectivity index (χ2v) is 5.92. The van der Waals surface area contributed by atoms with E-state index in [1.165, 1.54) is 0 Å². The standard InChI is InChI=1S/C14H16BrN3O3/c1-8(16)4-5-17-12(19)7-18-13(20)10-3-2-9(15)6-11(10)14(18)21/h2-3,6,8H,4-5,7,16H2,1H3,(H,17,19). The van der Waals surface area contributed by atoms with E-state index in [-0.39, 0.29) is 18.5 Å². The van der Waals surface area contributed by atoms with Crippen LogP contribution in [0.25, 0.3) is 0 Å². The van der Waals surface area contributed by atoms with Crippen LogP contribution in [0.5, 0.6) is 0 Å². The normalized spacial score (nSPS) is 15.1. The van der Waals surface area contributed by atoms with Crippen LogP contribution in [0.15, 0.2) is 22.7 Å². The van der Waals surface area contributed by atoms with Crippen LogP contribution < -0.4 is 11.1 Å². The number of imide groups is 1. The van der Waals surface area contributed by atoms with Crippen molar-refractivity contribution >= 4 is 33.7 Å². The number of nitrogens with two attached hydrogens (primary N) is 1. The molecule has 0 radical (unpaired) electrons. The first-order valence-electron chi connectivity index (χ1n) is 6.58. The topological polar surface area (TPSA) is 92.5 Å². The van der Waals surface area contributed by atoms with Crippen LogP contribution in [-0.2, 0) is 4.79 Å². The molecule has 3 amide bonds. The fourth-order valence-corrected chi connectivity index (χ4v) is 2.41. The molecule has 2 rings (SSSR count). The Hall–Kier alpha value is -1.73. The summed E-state index contributed by atoms with van der Waals surface area (Å²) in [5.41, 5.74) is 6.23. The summed E-state index contributed by atoms with van der Waals surface area (Å²) in [7, 11) is 0. The molecule has 0 aromatic heterocycles. The molecule has 21 heavy (non-hydrogen) atoms. The van der Waals surface area contributed by atoms with Gasteiger partial charge >= 0.3 is 0 Å². The van der Waals surface area contributed by atoms with Gasteiger partial charge < -0.3 is 11.1 Å². The Balaban J connectivity index is 2.01. The maximum absolute atomic E-state index is 12.2. The van der Waals surface area contributed by atoms with Gasteiger partial charge in [-0.3, -0.25) is 19.3 Å². The summed E-state index contributed by atoms with van der Waals surface area (Å²) in [4.78, 5) is 37.0. The highest BCUT2D eigenvalue weighted by atomic mass is 79.9. The first-order valence-corrected chi connectivity index (χ1v) is 7.37. The molecule has 0 bridgehead atoms. The molecular formula is C14H16BrN3O3. The van der Waals surface area contributed by atoms with Crippen LogP contribution >= 0.6 is 15.9 Å². The Morgan fingerprint density at radius 1 is 1.33 bits per heavy atom. The van der Waals surface area contributed by atoms with E-state index in [1.54, 1.807) is 18.2 Å². The summed E-state index contributed by atoms with van der Waals surface area (Å²) in [6.45, 7) is 1.99. The van der Waals surface area contributed by atoms with Gasteiger partial charge in [0.1, 0.15) is 6.54 Å². The van der Waals surface area contributed by atoms with Gasteiger partial charge in [-0.25, -0.2) is 0 Å². The highest BCUT2D eigenvalue weighted by Gasteiger charge is 2.36. The van der Waals surface area contributed by atoms with Crippen molar-refractivity contribution in [2.45, 2.75) is 19.4 Å². The SMILES string of the molecule is CC(N)CCNC(=O)CN1C(=O)c2ccc(Br)cc2C1=O. The zero-order chi connectivity index (χ0) is 15.6. The molecule has 0 saturated carbocycles. The summed E-state index contributed by atoms with van der Waals surface area (Å²) < 4.78 is 0.714. The van der Waals surface area contributed by atoms with E-state index in [9.17, 15) is 14.4 Å². The first-order chi connectivity index (χ1) is 9.90. The largest absolute Gasteiger partial charge is 0.354 e. The molecule has 0 saturated heterocycles. The Kier molecular flexibility index (Phi) is 4.74. The van der Waals surface area contributed by atoms with Crippen molar-refractivity contribution in [3.05, 3.63) is 33.8 Å². The van der Waals surface area contributed by atoms with Crippen LogP contribution in [-0.4, -0.2) is 41.8 Å². The lowest BCUT2D eigenvalue weighted by atomic mass is 10.1. The first kappa shape index (κ1) is 15.7. The molecule has 1 aromatic carbocycles. The quantitative estimate of drug-likeness (QED) is 0.769. The van der Waals surface area contributed by atoms with Crippen molar-refractivity contribution in [3.63, 3.8) is 0 Å². The molecule has 1 unspecified atom stereocenters. The van der Waals surface area contributed by atoms with E-state index in [4.69, 9.17) is 5.73 Å². The molecule has 1 aliphatic rings. The average Bonchev–Trinajstić information content (AvgIpc) is 2.63. The monoisotopic (exact) mass is 353 g/mol. The van der Waals surface area contributed by atoms with E-state index in [2.05, 4.69) is 21.2 Å². The number of rotatable bonds is 5. The highest BCUT2D eigenvalue weighted by Crippen LogP contribution is 2.25. The minimum Gasteiger partial charge on any atom is -0.354 e. The lowest BCUT2D eigenvalue weighted by Gasteiger charge is -2.14. The van der Waals surface area contributed by atoms with Crippen molar-refractivity contribution in [1.29, 1.82) is 0 Å². The summed E-state index contributed by atoms with van der Waals surface area (Å²) in [5, 5.41) is 2.65. The van der Waals surface area contributed by atoms with Crippen molar-refractivity contribution < 1.29 is 14.4 Å². The molecule has 0 fully saturated rings. The third-order valence-electron chi connectivity index (χ3n) is 3.16. The highest BCUT2D eigenvalue weighted by molar-refractivity contribution is 9.10. The summed E-state index contributed by atoms with van der Waals surface area (Å²) in [5.74, 6) is -1.26. The molecule has 1 aliphatic heterocycles. The second kappa shape index (κ2) is 6.36. The Morgan fingerprint density at radius 2 is 2.00 bits per heavy atom. The van der Waals surface area contributed by atoms with Gasteiger partial charge in [0.15, 0.2) is 0 Å². The van der Waals surface area contributed by atoms with Gasteiger partial charge in [0, 0.05) is 17.1 Å². The Labute approximate surface area is 130 Å². The van der Waals surface area contributed by atoms with Crippen LogP contribution in [0.3, 0.4) is 0 Å². The van der Waals surface area contributed by atoms with Crippen LogP contribution in [0.1, 0.15) is 34.1 Å². The van der Waals surface area contributed by atoms with Crippen LogP contribution in [0, 0.1) is 0 Å². The molecule has 7 heteroatoms. The second-order valence-electron chi connectivity index (χ2n) is 5.00. The van der Waals surface area contributed by atoms with Crippen LogP contribution in [0.2, 0.25) is 0 Å². The number of nitrogens with one attached hydrogen (secondary N) is 1. The molecule has 0 spiro atoms. The lowest BCUT2D eigenvalue weighted by molar-refractivity contribution is -0.121. The number of halogens is 1. The Morgan fingerprint density at radius 3 is 2.67 bits per heavy atom. The lowest BCUT2D eigenvalue weighted by Crippen LogP contribution is -2.41. The number of hydrogen-bond acceptors (Lipinski definition) is 4. The molecule has 1 heterocycles. The molecular weight excluding hydrogens is 338 g/mol. The molecule has 1 atom stereocenters. The zero-order valence-electron chi connectivity index (χ0n) is 11.6. The molecule has 112 valence electrons. The van der Waals surface area contributed by atoms with Crippen molar-refractivity contribution in [3.8, 4) is 0 Å². The average molecular weight is 354 g/mol. The number of carbonyl (C=O) groups excluding carboxylic acids is 3. The van der Waals surface area contributed by atoms with E-state index in [0.717, 1.165) is 4.90 Å². The fraction of sp³-hybridized carbons (Fsp3) is 0.357. The maximum Gasteiger partial charge on any atom is 0.262 e. The van der Waals surface area contributed by atoms with Crippen LogP contribution in [0.4, 0.5) is 0 Å². The van der Waals surface area contributed by atoms with Crippen molar-refractivity contribution in [2.75, 3.05) is 13.1 Å². The van der Waals surface area contributed by atoms with Gasteiger partial charge in [-0.1, -0.05) is 15.9 Å². The number of amides is 3. The third-order valence-corrected chi connectivity index (χ3v) is 3.65. The van der Waals surface area contributed by atoms with Gasteiger partial charge in [-0.15, -0.1) is 0 Å². The molecule has 3 N–H and O–H groups in total. The predicted molar refractivity (Wildman–Crippen MR) is 80.8 cm³/mol. The van der Waals surface area contributed by atoms with E-state index >= 15 is 0 Å². The zero-order valence-corrected chi connectivity index (χ0v) is 13.1. The number of fused-ring (bicyclic) bond motifs is 1. The number of nitrogens with zero attached hydrogens (tertiary/aromatic N) is 1. The summed E-state index contributed by atoms with van der Waals surface area (Å²) in [6, 6.07) is 4.84. The number of carbonyl (C=O) groups is 3. The van der Waals surface area contributed by atoms with Gasteiger partial charge in [0.2, 0.25) is 5.91 Å². The minimum absolute atomic E-state index is 0.0121. The van der Waals surface area contributed by atoms with E-state index < -0.39 is 11.8 Å². The smallest absolute Gasteiger partial charge is 0.262 e. The summed E-state index contributed by atoms with van der Waals surface area (Å²) in [6.07, 6.45) is 0.640. The minimum atomic E-state index is -0.446. The van der Waals surface area contributed by atoms with Gasteiger partial charge in [0.05, 0.1) is 11.1 Å². The van der Waals surface area contributed by atoms with Gasteiger partial charge in [-0.05, 0) is 31.5 Å². The van der Waals surface area contributed by atoms with E-state index in [0.29, 0.717) is 28.6 Å². The predicted octanol–water partition coefficient (Wildman–Crippen LogP) is 0.899. The summed E-state index contributed by atoms with van der Waals surface area (Å²) >= 11 is 3.26. The van der Waals surface area contributed by atoms with Crippen molar-refractivity contribution in [2.24, 2.45) is 5.73 Å². The molecule has 6 nitrogen and oxygen atoms in total. The van der Waals surface area contributed by atoms with Gasteiger partial charge in [-0.2, -0.15) is 0 Å². The molecule has 0 aliphatic carbocycles. The number of benzene rings is 1. The maximum atomic E-state index is 12.2. The molecule has 1 aromatic rings. The van der Waals surface area contributed by atoms with E-state index in [1.807, 2.05) is 6.92 Å². The van der Waals surface area contributed by atoms with Crippen molar-refractivity contribution in [1.82, 2.24) is 10.2 Å². The third kappa shape index (κ3) is 3.48. The Bertz CT molecular complexity index is 601. The van der Waals surface area contributed by atoms with Gasteiger partial charge in [0.25, 0.3) is 11.8 Å².